The zero-order chi connectivity index (χ0) is 13.7. The van der Waals surface area contributed by atoms with Gasteiger partial charge in [-0.3, -0.25) is 0 Å². The van der Waals surface area contributed by atoms with Gasteiger partial charge in [0.25, 0.3) is 0 Å². The molecule has 0 bridgehead atoms. The van der Waals surface area contributed by atoms with E-state index < -0.39 is 0 Å². The number of nitrogens with one attached hydrogen (secondary N) is 1. The summed E-state index contributed by atoms with van der Waals surface area (Å²) in [5, 5.41) is 3.59. The molecule has 0 fully saturated rings. The Labute approximate surface area is 110 Å². The molecule has 18 heavy (non-hydrogen) atoms. The van der Waals surface area contributed by atoms with Crippen LogP contribution in [0, 0.1) is 5.92 Å². The highest BCUT2D eigenvalue weighted by Crippen LogP contribution is 2.29. The van der Waals surface area contributed by atoms with E-state index >= 15 is 0 Å². The summed E-state index contributed by atoms with van der Waals surface area (Å²) in [4.78, 5) is 0. The summed E-state index contributed by atoms with van der Waals surface area (Å²) >= 11 is 0. The second kappa shape index (κ2) is 6.64. The lowest BCUT2D eigenvalue weighted by Crippen LogP contribution is -2.33. The molecule has 2 atom stereocenters. The molecule has 1 aromatic carbocycles. The molecule has 0 aliphatic carbocycles. The maximum atomic E-state index is 5.41. The van der Waals surface area contributed by atoms with Gasteiger partial charge in [0.1, 0.15) is 11.5 Å². The zero-order valence-corrected chi connectivity index (χ0v) is 12.3. The Morgan fingerprint density at radius 1 is 1.00 bits per heavy atom. The molecule has 3 nitrogen and oxygen atoms in total. The van der Waals surface area contributed by atoms with Gasteiger partial charge in [-0.05, 0) is 38.0 Å². The van der Waals surface area contributed by atoms with E-state index in [2.05, 4.69) is 33.0 Å². The molecule has 2 unspecified atom stereocenters. The van der Waals surface area contributed by atoms with Gasteiger partial charge in [-0.2, -0.15) is 0 Å². The first kappa shape index (κ1) is 14.8. The van der Waals surface area contributed by atoms with Crippen molar-refractivity contribution in [3.63, 3.8) is 0 Å². The van der Waals surface area contributed by atoms with Crippen LogP contribution >= 0.6 is 0 Å². The molecule has 0 saturated heterocycles. The van der Waals surface area contributed by atoms with Crippen molar-refractivity contribution >= 4 is 0 Å². The van der Waals surface area contributed by atoms with Gasteiger partial charge in [0.2, 0.25) is 0 Å². The van der Waals surface area contributed by atoms with Crippen molar-refractivity contribution in [2.24, 2.45) is 5.92 Å². The van der Waals surface area contributed by atoms with Gasteiger partial charge in [0.15, 0.2) is 0 Å². The molecular formula is C15H25NO2. The Hall–Kier alpha value is -1.22. The first-order valence-corrected chi connectivity index (χ1v) is 6.47. The second-order valence-corrected chi connectivity index (χ2v) is 5.03. The highest BCUT2D eigenvalue weighted by atomic mass is 16.5. The Kier molecular flexibility index (Phi) is 5.48. The van der Waals surface area contributed by atoms with Crippen molar-refractivity contribution in [1.82, 2.24) is 5.32 Å². The maximum Gasteiger partial charge on any atom is 0.123 e. The Morgan fingerprint density at radius 2 is 1.67 bits per heavy atom. The van der Waals surface area contributed by atoms with Crippen LogP contribution in [0.15, 0.2) is 18.2 Å². The van der Waals surface area contributed by atoms with Crippen LogP contribution in [0.4, 0.5) is 0 Å². The second-order valence-electron chi connectivity index (χ2n) is 5.03. The highest BCUT2D eigenvalue weighted by Gasteiger charge is 2.16. The van der Waals surface area contributed by atoms with Crippen LogP contribution in [0.2, 0.25) is 0 Å². The number of ether oxygens (including phenoxy) is 2. The summed E-state index contributed by atoms with van der Waals surface area (Å²) in [5.74, 6) is 2.35. The van der Waals surface area contributed by atoms with Crippen molar-refractivity contribution in [1.29, 1.82) is 0 Å². The van der Waals surface area contributed by atoms with E-state index in [9.17, 15) is 0 Å². The topological polar surface area (TPSA) is 30.5 Å². The first-order valence-electron chi connectivity index (χ1n) is 6.47. The molecule has 0 heterocycles. The predicted octanol–water partition coefficient (Wildman–Crippen LogP) is 3.40. The molecule has 1 N–H and O–H groups in total. The van der Waals surface area contributed by atoms with Gasteiger partial charge in [0.05, 0.1) is 14.2 Å². The highest BCUT2D eigenvalue weighted by molar-refractivity contribution is 5.42. The number of rotatable bonds is 6. The zero-order valence-electron chi connectivity index (χ0n) is 12.3. The van der Waals surface area contributed by atoms with E-state index in [1.807, 2.05) is 18.2 Å². The van der Waals surface area contributed by atoms with Crippen LogP contribution in [-0.4, -0.2) is 20.3 Å². The predicted molar refractivity (Wildman–Crippen MR) is 75.4 cm³/mol. The van der Waals surface area contributed by atoms with E-state index in [1.165, 1.54) is 0 Å². The number of hydrogen-bond acceptors (Lipinski definition) is 3. The summed E-state index contributed by atoms with van der Waals surface area (Å²) in [7, 11) is 3.38. The Morgan fingerprint density at radius 3 is 2.17 bits per heavy atom. The van der Waals surface area contributed by atoms with E-state index in [4.69, 9.17) is 9.47 Å². The molecule has 3 heteroatoms. The Balaban J connectivity index is 2.91. The van der Waals surface area contributed by atoms with Gasteiger partial charge in [-0.1, -0.05) is 13.8 Å². The monoisotopic (exact) mass is 251 g/mol. The molecule has 0 aliphatic heterocycles. The minimum Gasteiger partial charge on any atom is -0.497 e. The standard InChI is InChI=1S/C15H25NO2/c1-10(2)11(3)16-12(4)14-9-13(17-5)7-8-15(14)18-6/h7-12,16H,1-6H3. The van der Waals surface area contributed by atoms with E-state index in [0.717, 1.165) is 17.1 Å². The van der Waals surface area contributed by atoms with Crippen molar-refractivity contribution in [3.8, 4) is 11.5 Å². The fourth-order valence-corrected chi connectivity index (χ4v) is 1.85. The average molecular weight is 251 g/mol. The quantitative estimate of drug-likeness (QED) is 0.840. The molecule has 0 aliphatic rings. The van der Waals surface area contributed by atoms with E-state index in [1.54, 1.807) is 14.2 Å². The van der Waals surface area contributed by atoms with Gasteiger partial charge >= 0.3 is 0 Å². The summed E-state index contributed by atoms with van der Waals surface area (Å²) in [5.41, 5.74) is 1.13. The maximum absolute atomic E-state index is 5.41. The molecular weight excluding hydrogens is 226 g/mol. The van der Waals surface area contributed by atoms with Crippen LogP contribution in [0.3, 0.4) is 0 Å². The third-order valence-corrected chi connectivity index (χ3v) is 3.42. The number of hydrogen-bond donors (Lipinski definition) is 1. The van der Waals surface area contributed by atoms with Crippen molar-refractivity contribution < 1.29 is 9.47 Å². The lowest BCUT2D eigenvalue weighted by Gasteiger charge is -2.24. The van der Waals surface area contributed by atoms with Gasteiger partial charge < -0.3 is 14.8 Å². The van der Waals surface area contributed by atoms with E-state index in [-0.39, 0.29) is 6.04 Å². The molecule has 0 amide bonds. The molecule has 1 rings (SSSR count). The van der Waals surface area contributed by atoms with Crippen molar-refractivity contribution in [2.75, 3.05) is 14.2 Å². The van der Waals surface area contributed by atoms with Crippen LogP contribution in [0.1, 0.15) is 39.3 Å². The molecule has 102 valence electrons. The molecule has 0 spiro atoms. The van der Waals surface area contributed by atoms with Crippen molar-refractivity contribution in [2.45, 2.75) is 39.8 Å². The Bertz CT molecular complexity index is 377. The first-order chi connectivity index (χ1) is 8.49. The van der Waals surface area contributed by atoms with Crippen LogP contribution in [0.5, 0.6) is 11.5 Å². The number of methoxy groups -OCH3 is 2. The summed E-state index contributed by atoms with van der Waals surface area (Å²) in [6.45, 7) is 8.78. The largest absolute Gasteiger partial charge is 0.497 e. The fraction of sp³-hybridized carbons (Fsp3) is 0.600. The van der Waals surface area contributed by atoms with Gasteiger partial charge in [-0.15, -0.1) is 0 Å². The summed E-state index contributed by atoms with van der Waals surface area (Å²) in [6, 6.07) is 6.58. The van der Waals surface area contributed by atoms with Crippen LogP contribution < -0.4 is 14.8 Å². The lowest BCUT2D eigenvalue weighted by molar-refractivity contribution is 0.365. The van der Waals surface area contributed by atoms with E-state index in [0.29, 0.717) is 12.0 Å². The molecule has 0 aromatic heterocycles. The molecule has 1 aromatic rings. The minimum absolute atomic E-state index is 0.229. The van der Waals surface area contributed by atoms with Crippen LogP contribution in [0.25, 0.3) is 0 Å². The van der Waals surface area contributed by atoms with Crippen LogP contribution in [-0.2, 0) is 0 Å². The fourth-order valence-electron chi connectivity index (χ4n) is 1.85. The van der Waals surface area contributed by atoms with Gasteiger partial charge in [0, 0.05) is 17.6 Å². The summed E-state index contributed by atoms with van der Waals surface area (Å²) in [6.07, 6.45) is 0. The minimum atomic E-state index is 0.229. The third-order valence-electron chi connectivity index (χ3n) is 3.42. The smallest absolute Gasteiger partial charge is 0.123 e. The molecule has 0 radical (unpaired) electrons. The normalized spacial score (nSPS) is 14.4. The van der Waals surface area contributed by atoms with Gasteiger partial charge in [-0.25, -0.2) is 0 Å². The number of benzene rings is 1. The third kappa shape index (κ3) is 3.64. The average Bonchev–Trinajstić information content (AvgIpc) is 2.37. The van der Waals surface area contributed by atoms with Crippen molar-refractivity contribution in [3.05, 3.63) is 23.8 Å². The SMILES string of the molecule is COc1ccc(OC)c(C(C)NC(C)C(C)C)c1. The lowest BCUT2D eigenvalue weighted by atomic mass is 10.0. The summed E-state index contributed by atoms with van der Waals surface area (Å²) < 4.78 is 10.7. The molecule has 0 saturated carbocycles.